The minimum atomic E-state index is -1.23. The van der Waals surface area contributed by atoms with Crippen molar-refractivity contribution in [2.45, 2.75) is 31.2 Å². The second-order valence-electron chi connectivity index (χ2n) is 8.17. The van der Waals surface area contributed by atoms with E-state index in [0.717, 1.165) is 29.5 Å². The normalized spacial score (nSPS) is 18.0. The number of nitrogens with two attached hydrogens (primary N) is 1. The van der Waals surface area contributed by atoms with Crippen molar-refractivity contribution in [1.29, 1.82) is 0 Å². The molecular weight excluding hydrogens is 398 g/mol. The number of carbonyl (C=O) groups excluding carboxylic acids is 2. The summed E-state index contributed by atoms with van der Waals surface area (Å²) < 4.78 is 0. The van der Waals surface area contributed by atoms with Crippen LogP contribution in [0.5, 0.6) is 0 Å². The molecular formula is C27H27N3O2. The Labute approximate surface area is 188 Å². The summed E-state index contributed by atoms with van der Waals surface area (Å²) in [6, 6.07) is 27.2. The lowest BCUT2D eigenvalue weighted by Crippen LogP contribution is -2.41. The average molecular weight is 426 g/mol. The maximum atomic E-state index is 13.3. The van der Waals surface area contributed by atoms with E-state index in [1.165, 1.54) is 10.5 Å². The summed E-state index contributed by atoms with van der Waals surface area (Å²) in [6.45, 7) is 0. The van der Waals surface area contributed by atoms with Gasteiger partial charge in [-0.25, -0.2) is 4.99 Å². The van der Waals surface area contributed by atoms with Crippen LogP contribution in [0.25, 0.3) is 0 Å². The van der Waals surface area contributed by atoms with Gasteiger partial charge in [-0.2, -0.15) is 0 Å². The standard InChI is InChI=1S/C27H27N3O2/c1-30-25(32)27(29-26(30)28,22-14-6-3-7-15-22)23-16-8-13-21(18-23)19-24(31)17-9-12-20-10-4-2-5-11-20/h2-8,10-11,13-16,18H,9,12,17,19H2,1H3,(H2,28,29). The van der Waals surface area contributed by atoms with E-state index in [-0.39, 0.29) is 17.6 Å². The fourth-order valence-corrected chi connectivity index (χ4v) is 4.22. The van der Waals surface area contributed by atoms with Crippen LogP contribution in [0.1, 0.15) is 35.1 Å². The maximum Gasteiger partial charge on any atom is 0.266 e. The molecule has 4 rings (SSSR count). The van der Waals surface area contributed by atoms with E-state index in [1.807, 2.05) is 72.8 Å². The van der Waals surface area contributed by atoms with Gasteiger partial charge >= 0.3 is 0 Å². The molecule has 0 saturated heterocycles. The molecule has 3 aromatic rings. The van der Waals surface area contributed by atoms with Crippen LogP contribution in [-0.4, -0.2) is 29.6 Å². The molecule has 1 amide bonds. The SMILES string of the molecule is CN1C(=O)C(c2ccccc2)(c2cccc(CC(=O)CCCc3ccccc3)c2)N=C1N. The molecule has 1 atom stereocenters. The third-order valence-corrected chi connectivity index (χ3v) is 5.94. The van der Waals surface area contributed by atoms with Crippen LogP contribution in [0.15, 0.2) is 89.9 Å². The minimum Gasteiger partial charge on any atom is -0.369 e. The van der Waals surface area contributed by atoms with Gasteiger partial charge in [-0.05, 0) is 35.1 Å². The second-order valence-corrected chi connectivity index (χ2v) is 8.17. The molecule has 0 saturated carbocycles. The number of amides is 1. The molecule has 2 N–H and O–H groups in total. The lowest BCUT2D eigenvalue weighted by Gasteiger charge is -2.26. The number of benzene rings is 3. The fraction of sp³-hybridized carbons (Fsp3) is 0.222. The number of guanidine groups is 1. The van der Waals surface area contributed by atoms with E-state index in [2.05, 4.69) is 17.1 Å². The number of rotatable bonds is 8. The van der Waals surface area contributed by atoms with E-state index in [1.54, 1.807) is 7.05 Å². The zero-order chi connectivity index (χ0) is 22.6. The van der Waals surface area contributed by atoms with Gasteiger partial charge in [0.2, 0.25) is 0 Å². The third-order valence-electron chi connectivity index (χ3n) is 5.94. The van der Waals surface area contributed by atoms with Crippen molar-refractivity contribution in [3.8, 4) is 0 Å². The summed E-state index contributed by atoms with van der Waals surface area (Å²) in [4.78, 5) is 31.9. The van der Waals surface area contributed by atoms with Gasteiger partial charge in [-0.3, -0.25) is 14.5 Å². The molecule has 162 valence electrons. The Balaban J connectivity index is 1.54. The average Bonchev–Trinajstić information content (AvgIpc) is 3.05. The van der Waals surface area contributed by atoms with Gasteiger partial charge < -0.3 is 5.73 Å². The molecule has 0 bridgehead atoms. The number of aryl methyl sites for hydroxylation is 1. The van der Waals surface area contributed by atoms with Gasteiger partial charge in [-0.1, -0.05) is 84.9 Å². The Kier molecular flexibility index (Phi) is 6.17. The maximum absolute atomic E-state index is 13.3. The molecule has 1 heterocycles. The molecule has 1 unspecified atom stereocenters. The van der Waals surface area contributed by atoms with Gasteiger partial charge in [0.1, 0.15) is 5.78 Å². The van der Waals surface area contributed by atoms with Crippen molar-refractivity contribution in [2.75, 3.05) is 7.05 Å². The van der Waals surface area contributed by atoms with Crippen LogP contribution >= 0.6 is 0 Å². The highest BCUT2D eigenvalue weighted by atomic mass is 16.2. The number of hydrogen-bond acceptors (Lipinski definition) is 4. The van der Waals surface area contributed by atoms with Crippen molar-refractivity contribution in [2.24, 2.45) is 10.7 Å². The zero-order valence-electron chi connectivity index (χ0n) is 18.2. The lowest BCUT2D eigenvalue weighted by atomic mass is 9.82. The van der Waals surface area contributed by atoms with Crippen molar-refractivity contribution < 1.29 is 9.59 Å². The van der Waals surface area contributed by atoms with Gasteiger partial charge in [0.25, 0.3) is 5.91 Å². The number of ketones is 1. The monoisotopic (exact) mass is 425 g/mol. The topological polar surface area (TPSA) is 75.8 Å². The van der Waals surface area contributed by atoms with Crippen LogP contribution in [0.2, 0.25) is 0 Å². The number of nitrogens with zero attached hydrogens (tertiary/aromatic N) is 2. The van der Waals surface area contributed by atoms with Crippen LogP contribution in [0.3, 0.4) is 0 Å². The van der Waals surface area contributed by atoms with Gasteiger partial charge in [-0.15, -0.1) is 0 Å². The molecule has 1 aliphatic heterocycles. The summed E-state index contributed by atoms with van der Waals surface area (Å²) >= 11 is 0. The predicted molar refractivity (Wildman–Crippen MR) is 126 cm³/mol. The number of likely N-dealkylation sites (N-methyl/N-ethyl adjacent to an activating group) is 1. The molecule has 1 aliphatic rings. The highest BCUT2D eigenvalue weighted by Gasteiger charge is 2.49. The van der Waals surface area contributed by atoms with Crippen molar-refractivity contribution in [3.05, 3.63) is 107 Å². The van der Waals surface area contributed by atoms with Crippen LogP contribution in [-0.2, 0) is 28.0 Å². The molecule has 32 heavy (non-hydrogen) atoms. The molecule has 0 spiro atoms. The Hall–Kier alpha value is -3.73. The molecule has 0 aliphatic carbocycles. The Bertz CT molecular complexity index is 1140. The minimum absolute atomic E-state index is 0.182. The zero-order valence-corrected chi connectivity index (χ0v) is 18.2. The summed E-state index contributed by atoms with van der Waals surface area (Å²) in [5.41, 5.74) is 8.40. The molecule has 0 fully saturated rings. The Morgan fingerprint density at radius 3 is 2.19 bits per heavy atom. The Morgan fingerprint density at radius 2 is 1.53 bits per heavy atom. The van der Waals surface area contributed by atoms with E-state index in [0.29, 0.717) is 12.8 Å². The number of Topliss-reactive ketones (excluding diaryl/α,β-unsaturated/α-hetero) is 1. The summed E-state index contributed by atoms with van der Waals surface area (Å²) in [7, 11) is 1.63. The Morgan fingerprint density at radius 1 is 0.906 bits per heavy atom. The first-order valence-corrected chi connectivity index (χ1v) is 10.8. The number of aliphatic imine (C=N–C) groups is 1. The lowest BCUT2D eigenvalue weighted by molar-refractivity contribution is -0.129. The van der Waals surface area contributed by atoms with Gasteiger partial charge in [0, 0.05) is 19.9 Å². The molecule has 5 heteroatoms. The van der Waals surface area contributed by atoms with Crippen LogP contribution in [0.4, 0.5) is 0 Å². The summed E-state index contributed by atoms with van der Waals surface area (Å²) in [5.74, 6) is 0.165. The third kappa shape index (κ3) is 4.19. The van der Waals surface area contributed by atoms with Crippen molar-refractivity contribution in [1.82, 2.24) is 4.90 Å². The first kappa shape index (κ1) is 21.5. The highest BCUT2D eigenvalue weighted by molar-refractivity contribution is 6.08. The fourth-order valence-electron chi connectivity index (χ4n) is 4.22. The number of hydrogen-bond donors (Lipinski definition) is 1. The summed E-state index contributed by atoms with van der Waals surface area (Å²) in [6.07, 6.45) is 2.56. The smallest absolute Gasteiger partial charge is 0.266 e. The van der Waals surface area contributed by atoms with E-state index < -0.39 is 5.54 Å². The molecule has 5 nitrogen and oxygen atoms in total. The van der Waals surface area contributed by atoms with Crippen LogP contribution < -0.4 is 5.73 Å². The first-order valence-electron chi connectivity index (χ1n) is 10.8. The van der Waals surface area contributed by atoms with Crippen molar-refractivity contribution in [3.63, 3.8) is 0 Å². The largest absolute Gasteiger partial charge is 0.369 e. The second kappa shape index (κ2) is 9.18. The van der Waals surface area contributed by atoms with Gasteiger partial charge in [0.05, 0.1) is 0 Å². The van der Waals surface area contributed by atoms with E-state index in [4.69, 9.17) is 5.73 Å². The van der Waals surface area contributed by atoms with Gasteiger partial charge in [0.15, 0.2) is 11.5 Å². The predicted octanol–water partition coefficient (Wildman–Crippen LogP) is 3.85. The highest BCUT2D eigenvalue weighted by Crippen LogP contribution is 2.39. The first-order chi connectivity index (χ1) is 15.5. The van der Waals surface area contributed by atoms with E-state index >= 15 is 0 Å². The quantitative estimate of drug-likeness (QED) is 0.596. The molecule has 3 aromatic carbocycles. The molecule has 0 radical (unpaired) electrons. The van der Waals surface area contributed by atoms with Crippen LogP contribution in [0, 0.1) is 0 Å². The van der Waals surface area contributed by atoms with E-state index in [9.17, 15) is 9.59 Å². The van der Waals surface area contributed by atoms with Crippen molar-refractivity contribution >= 4 is 17.6 Å². The summed E-state index contributed by atoms with van der Waals surface area (Å²) in [5, 5.41) is 0. The number of carbonyl (C=O) groups is 2. The molecule has 0 aromatic heterocycles.